The Kier molecular flexibility index (Phi) is 4.69. The number of alkyl carbamates (subject to hydrolysis) is 1. The van der Waals surface area contributed by atoms with E-state index < -0.39 is 35.3 Å². The van der Waals surface area contributed by atoms with E-state index in [1.54, 1.807) is 25.3 Å². The number of nitrogens with zero attached hydrogens (tertiary/aromatic N) is 5. The summed E-state index contributed by atoms with van der Waals surface area (Å²) < 4.78 is 40.4. The van der Waals surface area contributed by atoms with E-state index >= 15 is 0 Å². The minimum Gasteiger partial charge on any atom is -0.444 e. The molecule has 33 heavy (non-hydrogen) atoms. The van der Waals surface area contributed by atoms with E-state index in [0.717, 1.165) is 6.07 Å². The minimum atomic E-state index is -1.19. The van der Waals surface area contributed by atoms with Gasteiger partial charge in [0.25, 0.3) is 5.91 Å². The van der Waals surface area contributed by atoms with E-state index in [1.165, 1.54) is 17.3 Å². The van der Waals surface area contributed by atoms with Crippen molar-refractivity contribution >= 4 is 12.0 Å². The van der Waals surface area contributed by atoms with Crippen LogP contribution in [0.25, 0.3) is 17.2 Å². The number of nitrogens with one attached hydrogen (secondary N) is 1. The van der Waals surface area contributed by atoms with E-state index in [0.29, 0.717) is 24.4 Å². The Labute approximate surface area is 186 Å². The summed E-state index contributed by atoms with van der Waals surface area (Å²) in [5, 5.41) is 6.48. The van der Waals surface area contributed by atoms with E-state index in [9.17, 15) is 18.4 Å². The third kappa shape index (κ3) is 3.51. The molecule has 4 heterocycles. The van der Waals surface area contributed by atoms with Crippen molar-refractivity contribution in [3.05, 3.63) is 47.2 Å². The van der Waals surface area contributed by atoms with Crippen LogP contribution in [0.15, 0.2) is 23.0 Å². The Morgan fingerprint density at radius 2 is 2.12 bits per heavy atom. The highest BCUT2D eigenvalue weighted by atomic mass is 19.2. The van der Waals surface area contributed by atoms with Gasteiger partial charge in [0.05, 0.1) is 17.4 Å². The zero-order chi connectivity index (χ0) is 23.5. The van der Waals surface area contributed by atoms with E-state index in [4.69, 9.17) is 9.26 Å². The summed E-state index contributed by atoms with van der Waals surface area (Å²) in [5.74, 6) is -2.59. The SMILES string of the molecule is CC(C)(C)OC(=O)NCc1nc(-c2ncn3c2[C@@H]2CCN2C(=O)c2c-3ccc(F)c2F)no1. The summed E-state index contributed by atoms with van der Waals surface area (Å²) in [5.41, 5.74) is 0.132. The van der Waals surface area contributed by atoms with Gasteiger partial charge in [0.2, 0.25) is 11.7 Å². The number of imidazole rings is 1. The number of aromatic nitrogens is 4. The molecule has 1 N–H and O–H groups in total. The maximum absolute atomic E-state index is 14.6. The first-order valence-corrected chi connectivity index (χ1v) is 10.3. The average Bonchev–Trinajstić information content (AvgIpc) is 3.32. The van der Waals surface area contributed by atoms with Crippen LogP contribution in [-0.2, 0) is 11.3 Å². The predicted molar refractivity (Wildman–Crippen MR) is 108 cm³/mol. The monoisotopic (exact) mass is 458 g/mol. The van der Waals surface area contributed by atoms with Crippen LogP contribution in [0.2, 0.25) is 0 Å². The third-order valence-electron chi connectivity index (χ3n) is 5.41. The molecule has 12 heteroatoms. The molecule has 0 saturated carbocycles. The molecule has 5 rings (SSSR count). The molecule has 2 aliphatic heterocycles. The average molecular weight is 458 g/mol. The molecule has 2 aliphatic rings. The topological polar surface area (TPSA) is 115 Å². The molecular weight excluding hydrogens is 438 g/mol. The fraction of sp³-hybridized carbons (Fsp3) is 0.381. The zero-order valence-corrected chi connectivity index (χ0v) is 18.1. The summed E-state index contributed by atoms with van der Waals surface area (Å²) in [4.78, 5) is 34.9. The fourth-order valence-electron chi connectivity index (χ4n) is 3.93. The van der Waals surface area contributed by atoms with Crippen LogP contribution in [0.1, 0.15) is 55.2 Å². The van der Waals surface area contributed by atoms with Crippen LogP contribution < -0.4 is 5.32 Å². The molecule has 0 unspecified atom stereocenters. The zero-order valence-electron chi connectivity index (χ0n) is 18.1. The fourth-order valence-corrected chi connectivity index (χ4v) is 3.93. The number of hydrogen-bond donors (Lipinski definition) is 1. The Morgan fingerprint density at radius 1 is 1.33 bits per heavy atom. The smallest absolute Gasteiger partial charge is 0.408 e. The molecule has 0 aliphatic carbocycles. The number of ether oxygens (including phenoxy) is 1. The van der Waals surface area contributed by atoms with Gasteiger partial charge in [-0.3, -0.25) is 9.36 Å². The molecule has 1 atom stereocenters. The van der Waals surface area contributed by atoms with Gasteiger partial charge in [-0.25, -0.2) is 18.6 Å². The van der Waals surface area contributed by atoms with Gasteiger partial charge in [0.15, 0.2) is 11.6 Å². The number of rotatable bonds is 3. The maximum atomic E-state index is 14.6. The van der Waals surface area contributed by atoms with Gasteiger partial charge in [-0.2, -0.15) is 4.98 Å². The van der Waals surface area contributed by atoms with Crippen LogP contribution in [0.5, 0.6) is 0 Å². The first-order chi connectivity index (χ1) is 15.6. The lowest BCUT2D eigenvalue weighted by atomic mass is 9.97. The van der Waals surface area contributed by atoms with Gasteiger partial charge in [-0.1, -0.05) is 5.16 Å². The van der Waals surface area contributed by atoms with E-state index in [-0.39, 0.29) is 29.5 Å². The number of fused-ring (bicyclic) bond motifs is 5. The van der Waals surface area contributed by atoms with Gasteiger partial charge in [-0.05, 0) is 39.3 Å². The second-order valence-electron chi connectivity index (χ2n) is 8.77. The summed E-state index contributed by atoms with van der Waals surface area (Å²) in [6.07, 6.45) is 1.41. The highest BCUT2D eigenvalue weighted by Gasteiger charge is 2.43. The predicted octanol–water partition coefficient (Wildman–Crippen LogP) is 3.13. The molecule has 172 valence electrons. The van der Waals surface area contributed by atoms with Crippen molar-refractivity contribution in [2.45, 2.75) is 45.4 Å². The van der Waals surface area contributed by atoms with Crippen LogP contribution in [-0.4, -0.2) is 48.7 Å². The number of carbonyl (C=O) groups is 2. The minimum absolute atomic E-state index is 0.0562. The van der Waals surface area contributed by atoms with Crippen LogP contribution in [0.4, 0.5) is 13.6 Å². The van der Waals surface area contributed by atoms with Gasteiger partial charge < -0.3 is 19.5 Å². The van der Waals surface area contributed by atoms with E-state index in [2.05, 4.69) is 20.4 Å². The normalized spacial score (nSPS) is 16.9. The summed E-state index contributed by atoms with van der Waals surface area (Å²) in [7, 11) is 0. The number of amides is 2. The van der Waals surface area contributed by atoms with Crippen molar-refractivity contribution in [2.24, 2.45) is 0 Å². The van der Waals surface area contributed by atoms with Gasteiger partial charge in [0, 0.05) is 6.54 Å². The molecule has 2 aromatic heterocycles. The molecule has 1 saturated heterocycles. The van der Waals surface area contributed by atoms with Crippen molar-refractivity contribution in [3.8, 4) is 17.2 Å². The number of hydrogen-bond acceptors (Lipinski definition) is 7. The van der Waals surface area contributed by atoms with Gasteiger partial charge in [0.1, 0.15) is 29.7 Å². The molecule has 3 aromatic rings. The standard InChI is InChI=1S/C21H20F2N6O4/c1-21(2,3)32-20(31)24-8-13-26-18(27-33-13)16-17-12-6-7-28(12)19(30)14-11(29(17)9-25-16)5-4-10(22)15(14)23/h4-5,9,12H,6-8H2,1-3H3,(H,24,31)/t12-/m0/s1. The first kappa shape index (κ1) is 21.0. The lowest BCUT2D eigenvalue weighted by Crippen LogP contribution is -2.45. The van der Waals surface area contributed by atoms with Crippen LogP contribution >= 0.6 is 0 Å². The molecule has 0 radical (unpaired) electrons. The van der Waals surface area contributed by atoms with Crippen molar-refractivity contribution in [3.63, 3.8) is 0 Å². The Hall–Kier alpha value is -3.83. The Bertz CT molecular complexity index is 1280. The first-order valence-electron chi connectivity index (χ1n) is 10.3. The van der Waals surface area contributed by atoms with Crippen LogP contribution in [0.3, 0.4) is 0 Å². The molecule has 2 amide bonds. The molecule has 10 nitrogen and oxygen atoms in total. The quantitative estimate of drug-likeness (QED) is 0.641. The third-order valence-corrected chi connectivity index (χ3v) is 5.41. The Morgan fingerprint density at radius 3 is 2.82 bits per heavy atom. The van der Waals surface area contributed by atoms with E-state index in [1.807, 2.05) is 0 Å². The maximum Gasteiger partial charge on any atom is 0.408 e. The number of carbonyl (C=O) groups excluding carboxylic acids is 2. The molecule has 0 spiro atoms. The second-order valence-corrected chi connectivity index (χ2v) is 8.77. The van der Waals surface area contributed by atoms with Crippen molar-refractivity contribution < 1.29 is 27.6 Å². The number of halogens is 2. The second kappa shape index (κ2) is 7.36. The molecule has 1 fully saturated rings. The largest absolute Gasteiger partial charge is 0.444 e. The highest BCUT2D eigenvalue weighted by molar-refractivity contribution is 5.99. The highest BCUT2D eigenvalue weighted by Crippen LogP contribution is 2.43. The number of benzene rings is 1. The molecular formula is C21H20F2N6O4. The lowest BCUT2D eigenvalue weighted by Gasteiger charge is -2.39. The van der Waals surface area contributed by atoms with Crippen LogP contribution in [0, 0.1) is 11.6 Å². The summed E-state index contributed by atoms with van der Waals surface area (Å²) in [6.45, 7) is 5.58. The van der Waals surface area contributed by atoms with Gasteiger partial charge in [-0.15, -0.1) is 0 Å². The summed E-state index contributed by atoms with van der Waals surface area (Å²) >= 11 is 0. The lowest BCUT2D eigenvalue weighted by molar-refractivity contribution is 0.0455. The van der Waals surface area contributed by atoms with Crippen molar-refractivity contribution in [1.29, 1.82) is 0 Å². The van der Waals surface area contributed by atoms with Crippen molar-refractivity contribution in [1.82, 2.24) is 29.9 Å². The van der Waals surface area contributed by atoms with Gasteiger partial charge >= 0.3 is 6.09 Å². The Balaban J connectivity index is 1.48. The van der Waals surface area contributed by atoms with Crippen molar-refractivity contribution in [2.75, 3.05) is 6.54 Å². The summed E-state index contributed by atoms with van der Waals surface area (Å²) in [6, 6.07) is 1.92. The molecule has 0 bridgehead atoms. The molecule has 1 aromatic carbocycles.